The second kappa shape index (κ2) is 4.31. The molecule has 2 N–H and O–H groups in total. The van der Waals surface area contributed by atoms with Gasteiger partial charge in [-0.3, -0.25) is 4.79 Å². The van der Waals surface area contributed by atoms with E-state index >= 15 is 0 Å². The summed E-state index contributed by atoms with van der Waals surface area (Å²) < 4.78 is 0. The Morgan fingerprint density at radius 3 is 2.63 bits per heavy atom. The highest BCUT2D eigenvalue weighted by Crippen LogP contribution is 2.52. The van der Waals surface area contributed by atoms with Crippen molar-refractivity contribution in [3.63, 3.8) is 0 Å². The van der Waals surface area contributed by atoms with Crippen LogP contribution in [0.4, 0.5) is 5.69 Å². The molecule has 3 rings (SSSR count). The van der Waals surface area contributed by atoms with Gasteiger partial charge in [-0.15, -0.1) is 0 Å². The molecular weight excluding hydrogens is 258 g/mol. The van der Waals surface area contributed by atoms with Gasteiger partial charge in [0.1, 0.15) is 5.75 Å². The van der Waals surface area contributed by atoms with Crippen molar-refractivity contribution in [1.82, 2.24) is 0 Å². The van der Waals surface area contributed by atoms with Gasteiger partial charge < -0.3 is 10.4 Å². The summed E-state index contributed by atoms with van der Waals surface area (Å²) in [6.45, 7) is 1.58. The molecule has 0 aromatic heterocycles. The van der Waals surface area contributed by atoms with Gasteiger partial charge in [-0.1, -0.05) is 42.1 Å². The van der Waals surface area contributed by atoms with E-state index in [4.69, 9.17) is 0 Å². The van der Waals surface area contributed by atoms with E-state index < -0.39 is 4.87 Å². The van der Waals surface area contributed by atoms with Crippen molar-refractivity contribution >= 4 is 23.2 Å². The average Bonchev–Trinajstić information content (AvgIpc) is 2.79. The van der Waals surface area contributed by atoms with Crippen molar-refractivity contribution in [2.45, 2.75) is 16.7 Å². The second-order valence-electron chi connectivity index (χ2n) is 4.51. The first-order valence-electron chi connectivity index (χ1n) is 5.98. The number of carbonyl (C=O) groups is 1. The number of rotatable bonds is 2. The normalized spacial score (nSPS) is 20.7. The van der Waals surface area contributed by atoms with E-state index in [1.807, 2.05) is 30.3 Å². The van der Waals surface area contributed by atoms with Crippen LogP contribution in [-0.2, 0) is 9.67 Å². The predicted molar refractivity (Wildman–Crippen MR) is 76.4 cm³/mol. The van der Waals surface area contributed by atoms with Crippen molar-refractivity contribution in [2.24, 2.45) is 0 Å². The van der Waals surface area contributed by atoms with Crippen molar-refractivity contribution in [2.75, 3.05) is 5.32 Å². The largest absolute Gasteiger partial charge is 0.508 e. The summed E-state index contributed by atoms with van der Waals surface area (Å²) in [5.41, 5.74) is 1.80. The quantitative estimate of drug-likeness (QED) is 0.822. The average molecular weight is 271 g/mol. The smallest absolute Gasteiger partial charge is 0.173 e. The van der Waals surface area contributed by atoms with E-state index in [1.54, 1.807) is 25.1 Å². The lowest BCUT2D eigenvalue weighted by Gasteiger charge is -2.26. The maximum atomic E-state index is 12.2. The fraction of sp³-hybridized carbons (Fsp3) is 0.133. The Balaban J connectivity index is 2.10. The molecule has 19 heavy (non-hydrogen) atoms. The summed E-state index contributed by atoms with van der Waals surface area (Å²) in [5.74, 6) is 0.250. The maximum Gasteiger partial charge on any atom is 0.173 e. The maximum absolute atomic E-state index is 12.2. The number of benzene rings is 2. The van der Waals surface area contributed by atoms with Crippen molar-refractivity contribution in [3.05, 3.63) is 54.1 Å². The highest BCUT2D eigenvalue weighted by Gasteiger charge is 2.43. The number of nitrogens with one attached hydrogen (secondary N) is 1. The molecule has 1 heterocycles. The zero-order chi connectivity index (χ0) is 13.5. The predicted octanol–water partition coefficient (Wildman–Crippen LogP) is 3.35. The minimum absolute atomic E-state index is 0.0411. The Morgan fingerprint density at radius 1 is 1.21 bits per heavy atom. The number of carbonyl (C=O) groups excluding carboxylic acids is 1. The van der Waals surface area contributed by atoms with Gasteiger partial charge >= 0.3 is 0 Å². The van der Waals surface area contributed by atoms with Crippen LogP contribution in [0.2, 0.25) is 0 Å². The Morgan fingerprint density at radius 2 is 1.95 bits per heavy atom. The number of hydrogen-bond acceptors (Lipinski definition) is 4. The second-order valence-corrected chi connectivity index (χ2v) is 5.77. The third-order valence-corrected chi connectivity index (χ3v) is 4.70. The van der Waals surface area contributed by atoms with Crippen LogP contribution >= 0.6 is 11.8 Å². The molecule has 4 heteroatoms. The zero-order valence-electron chi connectivity index (χ0n) is 10.4. The topological polar surface area (TPSA) is 49.3 Å². The van der Waals surface area contributed by atoms with Gasteiger partial charge in [0.15, 0.2) is 10.7 Å². The summed E-state index contributed by atoms with van der Waals surface area (Å²) in [6.07, 6.45) is 0. The van der Waals surface area contributed by atoms with Gasteiger partial charge in [-0.05, 0) is 30.7 Å². The summed E-state index contributed by atoms with van der Waals surface area (Å²) >= 11 is 1.44. The van der Waals surface area contributed by atoms with E-state index in [2.05, 4.69) is 5.32 Å². The third-order valence-electron chi connectivity index (χ3n) is 3.22. The number of thioether (sulfide) groups is 1. The number of ketones is 1. The number of anilines is 1. The lowest BCUT2D eigenvalue weighted by atomic mass is 10.0. The molecule has 1 aliphatic heterocycles. The van der Waals surface area contributed by atoms with Crippen LogP contribution in [0.25, 0.3) is 0 Å². The van der Waals surface area contributed by atoms with Gasteiger partial charge in [-0.25, -0.2) is 0 Å². The van der Waals surface area contributed by atoms with Gasteiger partial charge in [0.25, 0.3) is 0 Å². The molecule has 0 amide bonds. The first-order valence-corrected chi connectivity index (χ1v) is 6.80. The first-order chi connectivity index (χ1) is 9.12. The number of aromatic hydroxyl groups is 1. The van der Waals surface area contributed by atoms with Gasteiger partial charge in [-0.2, -0.15) is 0 Å². The third kappa shape index (κ3) is 1.88. The molecule has 2 aromatic carbocycles. The molecule has 1 aliphatic rings. The van der Waals surface area contributed by atoms with E-state index in [1.165, 1.54) is 11.8 Å². The molecule has 0 aliphatic carbocycles. The van der Waals surface area contributed by atoms with E-state index in [9.17, 15) is 9.90 Å². The molecule has 1 atom stereocenters. The molecule has 0 spiro atoms. The Hall–Kier alpha value is -1.94. The minimum Gasteiger partial charge on any atom is -0.508 e. The van der Waals surface area contributed by atoms with E-state index in [-0.39, 0.29) is 11.5 Å². The summed E-state index contributed by atoms with van der Waals surface area (Å²) in [7, 11) is 0. The van der Waals surface area contributed by atoms with Crippen molar-refractivity contribution in [1.29, 1.82) is 0 Å². The van der Waals surface area contributed by atoms with E-state index in [0.29, 0.717) is 0 Å². The fourth-order valence-electron chi connectivity index (χ4n) is 2.25. The molecule has 1 unspecified atom stereocenters. The fourth-order valence-corrected chi connectivity index (χ4v) is 3.54. The van der Waals surface area contributed by atoms with Crippen LogP contribution in [0.3, 0.4) is 0 Å². The lowest BCUT2D eigenvalue weighted by Crippen LogP contribution is -2.35. The van der Waals surface area contributed by atoms with Gasteiger partial charge in [0, 0.05) is 10.6 Å². The highest BCUT2D eigenvalue weighted by molar-refractivity contribution is 8.01. The van der Waals surface area contributed by atoms with Crippen LogP contribution in [0.1, 0.15) is 12.5 Å². The van der Waals surface area contributed by atoms with Gasteiger partial charge in [0.2, 0.25) is 0 Å². The van der Waals surface area contributed by atoms with Crippen LogP contribution < -0.4 is 5.32 Å². The summed E-state index contributed by atoms with van der Waals surface area (Å²) in [4.78, 5) is 12.3. The van der Waals surface area contributed by atoms with Crippen LogP contribution in [0, 0.1) is 0 Å². The van der Waals surface area contributed by atoms with Crippen LogP contribution in [-0.4, -0.2) is 10.9 Å². The van der Waals surface area contributed by atoms with Crippen LogP contribution in [0.5, 0.6) is 5.75 Å². The first kappa shape index (κ1) is 12.1. The molecule has 2 aromatic rings. The molecule has 0 fully saturated rings. The molecular formula is C15H13NO2S. The van der Waals surface area contributed by atoms with Crippen molar-refractivity contribution in [3.8, 4) is 5.75 Å². The monoisotopic (exact) mass is 271 g/mol. The summed E-state index contributed by atoms with van der Waals surface area (Å²) in [5, 5.41) is 12.8. The van der Waals surface area contributed by atoms with Crippen LogP contribution in [0.15, 0.2) is 53.4 Å². The van der Waals surface area contributed by atoms with Gasteiger partial charge in [0.05, 0.1) is 0 Å². The highest BCUT2D eigenvalue weighted by atomic mass is 32.2. The van der Waals surface area contributed by atoms with Crippen molar-refractivity contribution < 1.29 is 9.90 Å². The molecule has 0 radical (unpaired) electrons. The molecule has 3 nitrogen and oxygen atoms in total. The standard InChI is InChI=1S/C15H13NO2S/c1-10(17)15(11-5-3-2-4-6-11)16-13-8-7-12(18)9-14(13)19-15/h2-9,16,18H,1H3. The number of Topliss-reactive ketones (excluding diaryl/α,β-unsaturated/α-hetero) is 1. The molecule has 0 saturated carbocycles. The lowest BCUT2D eigenvalue weighted by molar-refractivity contribution is -0.118. The van der Waals surface area contributed by atoms with E-state index in [0.717, 1.165) is 16.1 Å². The number of fused-ring (bicyclic) bond motifs is 1. The minimum atomic E-state index is -0.794. The zero-order valence-corrected chi connectivity index (χ0v) is 11.2. The Labute approximate surface area is 115 Å². The molecule has 96 valence electrons. The Kier molecular flexibility index (Phi) is 2.75. The number of phenolic OH excluding ortho intramolecular Hbond substituents is 1. The molecule has 0 bridgehead atoms. The SMILES string of the molecule is CC(=O)C1(c2ccccc2)Nc2ccc(O)cc2S1. The number of hydrogen-bond donors (Lipinski definition) is 2. The summed E-state index contributed by atoms with van der Waals surface area (Å²) in [6, 6.07) is 14.7. The number of phenols is 1. The molecule has 0 saturated heterocycles. The Bertz CT molecular complexity index is 642.